The number of benzene rings is 1. The number of hydrogen-bond acceptors (Lipinski definition) is 5. The standard InChI is InChI=1S/C17H21F2N3O3/c18-13-5-11(22-8-12(7-20)25-16(22)23)6-14(19)15(13)21-3-1-17(2-4-21)9-24-10-17/h5-6,12H,1-4,7-10,20H2. The molecule has 0 bridgehead atoms. The average Bonchev–Trinajstić information content (AvgIpc) is 2.94. The summed E-state index contributed by atoms with van der Waals surface area (Å²) < 4.78 is 39.6. The summed E-state index contributed by atoms with van der Waals surface area (Å²) in [6, 6.07) is 2.38. The summed E-state index contributed by atoms with van der Waals surface area (Å²) >= 11 is 0. The smallest absolute Gasteiger partial charge is 0.414 e. The summed E-state index contributed by atoms with van der Waals surface area (Å²) in [4.78, 5) is 14.8. The number of ether oxygens (including phenoxy) is 2. The van der Waals surface area contributed by atoms with Crippen LogP contribution in [0.25, 0.3) is 0 Å². The van der Waals surface area contributed by atoms with Crippen molar-refractivity contribution in [2.45, 2.75) is 18.9 Å². The van der Waals surface area contributed by atoms with Gasteiger partial charge in [0.2, 0.25) is 0 Å². The molecule has 2 N–H and O–H groups in total. The molecule has 136 valence electrons. The Kier molecular flexibility index (Phi) is 4.04. The van der Waals surface area contributed by atoms with Crippen LogP contribution in [0.2, 0.25) is 0 Å². The molecule has 0 aromatic heterocycles. The van der Waals surface area contributed by atoms with Gasteiger partial charge in [-0.25, -0.2) is 13.6 Å². The van der Waals surface area contributed by atoms with Crippen molar-refractivity contribution in [3.63, 3.8) is 0 Å². The van der Waals surface area contributed by atoms with Crippen molar-refractivity contribution in [3.05, 3.63) is 23.8 Å². The highest BCUT2D eigenvalue weighted by molar-refractivity contribution is 5.90. The summed E-state index contributed by atoms with van der Waals surface area (Å²) in [6.45, 7) is 3.04. The first-order chi connectivity index (χ1) is 12.0. The van der Waals surface area contributed by atoms with Crippen molar-refractivity contribution >= 4 is 17.5 Å². The van der Waals surface area contributed by atoms with Crippen molar-refractivity contribution in [3.8, 4) is 0 Å². The first kappa shape index (κ1) is 16.5. The lowest BCUT2D eigenvalue weighted by Gasteiger charge is -2.47. The van der Waals surface area contributed by atoms with Crippen LogP contribution in [-0.2, 0) is 9.47 Å². The van der Waals surface area contributed by atoms with Crippen LogP contribution in [-0.4, -0.2) is 51.6 Å². The molecule has 3 fully saturated rings. The third kappa shape index (κ3) is 2.83. The van der Waals surface area contributed by atoms with Crippen LogP contribution in [0.5, 0.6) is 0 Å². The first-order valence-corrected chi connectivity index (χ1v) is 8.51. The Morgan fingerprint density at radius 1 is 1.20 bits per heavy atom. The van der Waals surface area contributed by atoms with Crippen molar-refractivity contribution < 1.29 is 23.0 Å². The van der Waals surface area contributed by atoms with Crippen molar-refractivity contribution in [1.29, 1.82) is 0 Å². The number of halogens is 2. The van der Waals surface area contributed by atoms with E-state index < -0.39 is 23.8 Å². The number of cyclic esters (lactones) is 1. The van der Waals surface area contributed by atoms with Gasteiger partial charge in [-0.2, -0.15) is 0 Å². The largest absolute Gasteiger partial charge is 0.443 e. The summed E-state index contributed by atoms with van der Waals surface area (Å²) in [5, 5.41) is 0. The molecular weight excluding hydrogens is 332 g/mol. The van der Waals surface area contributed by atoms with E-state index in [1.807, 2.05) is 0 Å². The third-order valence-corrected chi connectivity index (χ3v) is 5.41. The molecule has 1 aromatic carbocycles. The van der Waals surface area contributed by atoms with E-state index in [-0.39, 0.29) is 29.9 Å². The minimum absolute atomic E-state index is 0.0261. The van der Waals surface area contributed by atoms with E-state index in [2.05, 4.69) is 0 Å². The molecule has 25 heavy (non-hydrogen) atoms. The van der Waals surface area contributed by atoms with Crippen LogP contribution < -0.4 is 15.5 Å². The lowest BCUT2D eigenvalue weighted by atomic mass is 9.77. The van der Waals surface area contributed by atoms with E-state index in [4.69, 9.17) is 15.2 Å². The Hall–Kier alpha value is -1.93. The van der Waals surface area contributed by atoms with Crippen molar-refractivity contribution in [2.75, 3.05) is 49.2 Å². The molecule has 3 aliphatic rings. The Morgan fingerprint density at radius 3 is 2.32 bits per heavy atom. The zero-order valence-electron chi connectivity index (χ0n) is 13.8. The lowest BCUT2D eigenvalue weighted by molar-refractivity contribution is -0.124. The molecule has 1 aromatic rings. The second kappa shape index (κ2) is 6.10. The number of carbonyl (C=O) groups excluding carboxylic acids is 1. The molecule has 1 atom stereocenters. The van der Waals surface area contributed by atoms with E-state index in [0.717, 1.165) is 26.1 Å². The number of nitrogens with zero attached hydrogens (tertiary/aromatic N) is 2. The van der Waals surface area contributed by atoms with E-state index in [1.54, 1.807) is 4.90 Å². The van der Waals surface area contributed by atoms with Gasteiger partial charge in [0.1, 0.15) is 11.8 Å². The number of hydrogen-bond donors (Lipinski definition) is 1. The summed E-state index contributed by atoms with van der Waals surface area (Å²) in [5.74, 6) is -1.33. The molecule has 3 heterocycles. The molecule has 1 spiro atoms. The van der Waals surface area contributed by atoms with E-state index in [1.165, 1.54) is 17.0 Å². The molecular formula is C17H21F2N3O3. The second-order valence-corrected chi connectivity index (χ2v) is 7.09. The predicted octanol–water partition coefficient (Wildman–Crippen LogP) is 1.87. The van der Waals surface area contributed by atoms with Crippen LogP contribution in [0.4, 0.5) is 25.0 Å². The monoisotopic (exact) mass is 353 g/mol. The molecule has 8 heteroatoms. The molecule has 3 aliphatic heterocycles. The van der Waals surface area contributed by atoms with Gasteiger partial charge in [0, 0.05) is 37.2 Å². The fourth-order valence-electron chi connectivity index (χ4n) is 3.75. The number of anilines is 2. The summed E-state index contributed by atoms with van der Waals surface area (Å²) in [7, 11) is 0. The van der Waals surface area contributed by atoms with E-state index >= 15 is 0 Å². The molecule has 4 rings (SSSR count). The lowest BCUT2D eigenvalue weighted by Crippen LogP contribution is -2.51. The molecule has 3 saturated heterocycles. The predicted molar refractivity (Wildman–Crippen MR) is 87.7 cm³/mol. The molecule has 0 radical (unpaired) electrons. The number of carbonyl (C=O) groups is 1. The second-order valence-electron chi connectivity index (χ2n) is 7.09. The van der Waals surface area contributed by atoms with Gasteiger partial charge in [0.25, 0.3) is 0 Å². The number of rotatable bonds is 3. The van der Waals surface area contributed by atoms with Crippen molar-refractivity contribution in [1.82, 2.24) is 0 Å². The Morgan fingerprint density at radius 2 is 1.84 bits per heavy atom. The van der Waals surface area contributed by atoms with Crippen LogP contribution >= 0.6 is 0 Å². The molecule has 0 saturated carbocycles. The van der Waals surface area contributed by atoms with Crippen molar-refractivity contribution in [2.24, 2.45) is 11.1 Å². The maximum absolute atomic E-state index is 14.6. The van der Waals surface area contributed by atoms with E-state index in [0.29, 0.717) is 13.1 Å². The van der Waals surface area contributed by atoms with Gasteiger partial charge in [0.05, 0.1) is 25.4 Å². The van der Waals surface area contributed by atoms with Crippen LogP contribution in [0, 0.1) is 17.0 Å². The SMILES string of the molecule is NCC1CN(c2cc(F)c(N3CCC4(CC3)COC4)c(F)c2)C(=O)O1. The molecule has 1 amide bonds. The highest BCUT2D eigenvalue weighted by Crippen LogP contribution is 2.41. The topological polar surface area (TPSA) is 68.0 Å². The minimum atomic E-state index is -0.667. The van der Waals surface area contributed by atoms with Gasteiger partial charge < -0.3 is 20.1 Å². The Balaban J connectivity index is 1.54. The highest BCUT2D eigenvalue weighted by atomic mass is 19.1. The summed E-state index contributed by atoms with van der Waals surface area (Å²) in [5.41, 5.74) is 5.81. The van der Waals surface area contributed by atoms with Crippen LogP contribution in [0.3, 0.4) is 0 Å². The third-order valence-electron chi connectivity index (χ3n) is 5.41. The maximum atomic E-state index is 14.6. The quantitative estimate of drug-likeness (QED) is 0.898. The zero-order chi connectivity index (χ0) is 17.6. The maximum Gasteiger partial charge on any atom is 0.414 e. The fraction of sp³-hybridized carbons (Fsp3) is 0.588. The molecule has 1 unspecified atom stereocenters. The normalized spacial score (nSPS) is 25.2. The molecule has 6 nitrogen and oxygen atoms in total. The van der Waals surface area contributed by atoms with Gasteiger partial charge in [-0.3, -0.25) is 4.90 Å². The van der Waals surface area contributed by atoms with Gasteiger partial charge in [-0.05, 0) is 12.8 Å². The highest BCUT2D eigenvalue weighted by Gasteiger charge is 2.42. The van der Waals surface area contributed by atoms with Crippen LogP contribution in [0.1, 0.15) is 12.8 Å². The van der Waals surface area contributed by atoms with Gasteiger partial charge >= 0.3 is 6.09 Å². The minimum Gasteiger partial charge on any atom is -0.443 e. The molecule has 0 aliphatic carbocycles. The Labute approximate surface area is 144 Å². The number of piperidine rings is 1. The van der Waals surface area contributed by atoms with Gasteiger partial charge in [-0.1, -0.05) is 0 Å². The first-order valence-electron chi connectivity index (χ1n) is 8.51. The number of nitrogens with two attached hydrogens (primary N) is 1. The summed E-state index contributed by atoms with van der Waals surface area (Å²) in [6.07, 6.45) is 0.641. The number of amides is 1. The van der Waals surface area contributed by atoms with Gasteiger partial charge in [-0.15, -0.1) is 0 Å². The Bertz CT molecular complexity index is 663. The zero-order valence-corrected chi connectivity index (χ0v) is 13.8. The van der Waals surface area contributed by atoms with Gasteiger partial charge in [0.15, 0.2) is 11.6 Å². The fourth-order valence-corrected chi connectivity index (χ4v) is 3.75. The van der Waals surface area contributed by atoms with Crippen LogP contribution in [0.15, 0.2) is 12.1 Å². The van der Waals surface area contributed by atoms with E-state index in [9.17, 15) is 13.6 Å². The average molecular weight is 353 g/mol.